The van der Waals surface area contributed by atoms with Crippen LogP contribution in [0.15, 0.2) is 40.6 Å². The summed E-state index contributed by atoms with van der Waals surface area (Å²) in [6.45, 7) is 0. The summed E-state index contributed by atoms with van der Waals surface area (Å²) < 4.78 is 27.8. The molecule has 1 heterocycles. The van der Waals surface area contributed by atoms with Crippen molar-refractivity contribution < 1.29 is 8.42 Å². The molecule has 4 nitrogen and oxygen atoms in total. The van der Waals surface area contributed by atoms with Crippen LogP contribution >= 0.6 is 11.3 Å². The normalized spacial score (nSPS) is 18.0. The molecule has 1 aliphatic rings. The maximum atomic E-state index is 12.4. The lowest BCUT2D eigenvalue weighted by atomic mass is 9.88. The van der Waals surface area contributed by atoms with Crippen molar-refractivity contribution in [1.29, 1.82) is 5.26 Å². The molecule has 0 fully saturated rings. The first-order valence-corrected chi connectivity index (χ1v) is 9.00. The van der Waals surface area contributed by atoms with E-state index in [9.17, 15) is 8.42 Å². The van der Waals surface area contributed by atoms with E-state index in [0.717, 1.165) is 36.2 Å². The van der Waals surface area contributed by atoms with Crippen LogP contribution < -0.4 is 4.72 Å². The number of rotatable bonds is 3. The molecule has 0 saturated heterocycles. The summed E-state index contributed by atoms with van der Waals surface area (Å²) in [5, 5.41) is 8.81. The Labute approximate surface area is 128 Å². The average molecular weight is 318 g/mol. The van der Waals surface area contributed by atoms with Crippen LogP contribution in [0.5, 0.6) is 0 Å². The van der Waals surface area contributed by atoms with Crippen molar-refractivity contribution in [3.63, 3.8) is 0 Å². The van der Waals surface area contributed by atoms with Crippen LogP contribution in [0.1, 0.15) is 34.9 Å². The molecule has 1 N–H and O–H groups in total. The van der Waals surface area contributed by atoms with E-state index in [0.29, 0.717) is 4.88 Å². The Kier molecular flexibility index (Phi) is 3.81. The molecule has 2 aromatic rings. The largest absolute Gasteiger partial charge is 0.250 e. The third-order valence-corrected chi connectivity index (χ3v) is 6.58. The van der Waals surface area contributed by atoms with E-state index in [2.05, 4.69) is 10.8 Å². The van der Waals surface area contributed by atoms with Crippen LogP contribution in [0.3, 0.4) is 0 Å². The molecule has 1 aromatic heterocycles. The lowest BCUT2D eigenvalue weighted by Gasteiger charge is -2.25. The van der Waals surface area contributed by atoms with E-state index in [4.69, 9.17) is 5.26 Å². The molecule has 3 rings (SSSR count). The molecule has 0 amide bonds. The van der Waals surface area contributed by atoms with Gasteiger partial charge in [0.15, 0.2) is 0 Å². The summed E-state index contributed by atoms with van der Waals surface area (Å²) in [4.78, 5) is 0.402. The standard InChI is InChI=1S/C15H14N2O2S2/c16-10-12-8-9-15(20-12)21(18,19)17-14-7-3-5-11-4-1-2-6-13(11)14/h1-2,4,6,8-9,14,17H,3,5,7H2. The highest BCUT2D eigenvalue weighted by Gasteiger charge is 2.26. The first kappa shape index (κ1) is 14.3. The maximum absolute atomic E-state index is 12.4. The number of benzene rings is 1. The highest BCUT2D eigenvalue weighted by molar-refractivity contribution is 7.91. The van der Waals surface area contributed by atoms with Gasteiger partial charge in [-0.2, -0.15) is 5.26 Å². The molecular formula is C15H14N2O2S2. The van der Waals surface area contributed by atoms with Crippen molar-refractivity contribution in [3.8, 4) is 6.07 Å². The molecule has 6 heteroatoms. The van der Waals surface area contributed by atoms with Crippen LogP contribution in [0.2, 0.25) is 0 Å². The lowest BCUT2D eigenvalue weighted by Crippen LogP contribution is -2.30. The highest BCUT2D eigenvalue weighted by atomic mass is 32.2. The van der Waals surface area contributed by atoms with Gasteiger partial charge >= 0.3 is 0 Å². The Morgan fingerprint density at radius 2 is 2.05 bits per heavy atom. The number of nitrogens with zero attached hydrogens (tertiary/aromatic N) is 1. The van der Waals surface area contributed by atoms with Gasteiger partial charge in [-0.15, -0.1) is 11.3 Å². The molecule has 1 unspecified atom stereocenters. The van der Waals surface area contributed by atoms with E-state index in [1.54, 1.807) is 0 Å². The molecule has 0 saturated carbocycles. The van der Waals surface area contributed by atoms with Crippen molar-refractivity contribution >= 4 is 21.4 Å². The molecule has 0 aliphatic heterocycles. The van der Waals surface area contributed by atoms with Gasteiger partial charge in [-0.05, 0) is 42.5 Å². The SMILES string of the molecule is N#Cc1ccc(S(=O)(=O)NC2CCCc3ccccc32)s1. The molecular weight excluding hydrogens is 304 g/mol. The molecule has 0 radical (unpaired) electrons. The Hall–Kier alpha value is -1.68. The van der Waals surface area contributed by atoms with Crippen LogP contribution in [0, 0.1) is 11.3 Å². The van der Waals surface area contributed by atoms with Gasteiger partial charge in [0, 0.05) is 6.04 Å². The Morgan fingerprint density at radius 3 is 2.81 bits per heavy atom. The Bertz CT molecular complexity index is 803. The fourth-order valence-electron chi connectivity index (χ4n) is 2.65. The Balaban J connectivity index is 1.89. The second kappa shape index (κ2) is 5.60. The van der Waals surface area contributed by atoms with Gasteiger partial charge in [0.25, 0.3) is 10.0 Å². The quantitative estimate of drug-likeness (QED) is 0.946. The number of hydrogen-bond acceptors (Lipinski definition) is 4. The monoisotopic (exact) mass is 318 g/mol. The van der Waals surface area contributed by atoms with Crippen molar-refractivity contribution in [2.75, 3.05) is 0 Å². The Morgan fingerprint density at radius 1 is 1.24 bits per heavy atom. The van der Waals surface area contributed by atoms with E-state index in [1.165, 1.54) is 17.7 Å². The van der Waals surface area contributed by atoms with Crippen molar-refractivity contribution in [2.24, 2.45) is 0 Å². The number of thiophene rings is 1. The zero-order chi connectivity index (χ0) is 14.9. The van der Waals surface area contributed by atoms with Crippen LogP contribution in [0.4, 0.5) is 0 Å². The van der Waals surface area contributed by atoms with Crippen molar-refractivity contribution in [2.45, 2.75) is 29.5 Å². The van der Waals surface area contributed by atoms with Gasteiger partial charge in [0.2, 0.25) is 0 Å². The maximum Gasteiger partial charge on any atom is 0.250 e. The van der Waals surface area contributed by atoms with Crippen LogP contribution in [0.25, 0.3) is 0 Å². The smallest absolute Gasteiger partial charge is 0.206 e. The molecule has 1 aliphatic carbocycles. The highest BCUT2D eigenvalue weighted by Crippen LogP contribution is 2.31. The van der Waals surface area contributed by atoms with Gasteiger partial charge in [0.05, 0.1) is 0 Å². The fourth-order valence-corrected chi connectivity index (χ4v) is 5.02. The molecule has 1 atom stereocenters. The first-order valence-electron chi connectivity index (χ1n) is 6.70. The average Bonchev–Trinajstić information content (AvgIpc) is 2.97. The summed E-state index contributed by atoms with van der Waals surface area (Å²) >= 11 is 0.998. The van der Waals surface area contributed by atoms with E-state index >= 15 is 0 Å². The minimum absolute atomic E-state index is 0.187. The van der Waals surface area contributed by atoms with Crippen LogP contribution in [-0.4, -0.2) is 8.42 Å². The second-order valence-electron chi connectivity index (χ2n) is 5.00. The van der Waals surface area contributed by atoms with Gasteiger partial charge in [-0.1, -0.05) is 24.3 Å². The molecule has 108 valence electrons. The number of nitrogens with one attached hydrogen (secondary N) is 1. The van der Waals surface area contributed by atoms with Gasteiger partial charge in [0.1, 0.15) is 15.2 Å². The fraction of sp³-hybridized carbons (Fsp3) is 0.267. The molecule has 1 aromatic carbocycles. The van der Waals surface area contributed by atoms with Gasteiger partial charge in [-0.25, -0.2) is 13.1 Å². The van der Waals surface area contributed by atoms with E-state index < -0.39 is 10.0 Å². The van der Waals surface area contributed by atoms with Crippen molar-refractivity contribution in [3.05, 3.63) is 52.4 Å². The minimum atomic E-state index is -3.57. The minimum Gasteiger partial charge on any atom is -0.206 e. The number of hydrogen-bond donors (Lipinski definition) is 1. The predicted molar refractivity (Wildman–Crippen MR) is 81.5 cm³/mol. The first-order chi connectivity index (χ1) is 10.1. The van der Waals surface area contributed by atoms with E-state index in [1.807, 2.05) is 24.3 Å². The van der Waals surface area contributed by atoms with E-state index in [-0.39, 0.29) is 10.3 Å². The number of nitriles is 1. The van der Waals surface area contributed by atoms with Gasteiger partial charge in [-0.3, -0.25) is 0 Å². The number of sulfonamides is 1. The molecule has 0 spiro atoms. The van der Waals surface area contributed by atoms with Gasteiger partial charge < -0.3 is 0 Å². The zero-order valence-electron chi connectivity index (χ0n) is 11.2. The third-order valence-electron chi connectivity index (χ3n) is 3.62. The van der Waals surface area contributed by atoms with Crippen molar-refractivity contribution in [1.82, 2.24) is 4.72 Å². The third kappa shape index (κ3) is 2.86. The number of fused-ring (bicyclic) bond motifs is 1. The molecule has 0 bridgehead atoms. The van der Waals surface area contributed by atoms with Crippen LogP contribution in [-0.2, 0) is 16.4 Å². The number of aryl methyl sites for hydroxylation is 1. The summed E-state index contributed by atoms with van der Waals surface area (Å²) in [6.07, 6.45) is 2.76. The topological polar surface area (TPSA) is 70.0 Å². The predicted octanol–water partition coefficient (Wildman–Crippen LogP) is 2.98. The lowest BCUT2D eigenvalue weighted by molar-refractivity contribution is 0.508. The zero-order valence-corrected chi connectivity index (χ0v) is 12.9. The second-order valence-corrected chi connectivity index (χ2v) is 8.02. The summed E-state index contributed by atoms with van der Waals surface area (Å²) in [7, 11) is -3.57. The molecule has 21 heavy (non-hydrogen) atoms. The summed E-state index contributed by atoms with van der Waals surface area (Å²) in [5.74, 6) is 0. The summed E-state index contributed by atoms with van der Waals surface area (Å²) in [5.41, 5.74) is 2.27. The summed E-state index contributed by atoms with van der Waals surface area (Å²) in [6, 6.07) is 12.7.